The van der Waals surface area contributed by atoms with Crippen molar-refractivity contribution >= 4 is 16.9 Å². The van der Waals surface area contributed by atoms with Gasteiger partial charge in [0, 0.05) is 31.5 Å². The fraction of sp³-hybridized carbons (Fsp3) is 0.382. The molecule has 1 saturated carbocycles. The van der Waals surface area contributed by atoms with Gasteiger partial charge in [0.25, 0.3) is 5.91 Å². The number of aryl methyl sites for hydroxylation is 3. The zero-order valence-electron chi connectivity index (χ0n) is 25.8. The van der Waals surface area contributed by atoms with Gasteiger partial charge < -0.3 is 14.0 Å². The van der Waals surface area contributed by atoms with E-state index < -0.39 is 23.1 Å². The van der Waals surface area contributed by atoms with E-state index in [0.717, 1.165) is 48.1 Å². The summed E-state index contributed by atoms with van der Waals surface area (Å²) >= 11 is 0. The normalized spacial score (nSPS) is 18.5. The van der Waals surface area contributed by atoms with E-state index in [0.29, 0.717) is 25.6 Å². The van der Waals surface area contributed by atoms with Crippen LogP contribution in [0.3, 0.4) is 0 Å². The predicted molar refractivity (Wildman–Crippen MR) is 166 cm³/mol. The molecule has 0 bridgehead atoms. The van der Waals surface area contributed by atoms with Gasteiger partial charge in [0.15, 0.2) is 0 Å². The maximum absolute atomic E-state index is 14.1. The Morgan fingerprint density at radius 1 is 1.02 bits per heavy atom. The number of halogens is 3. The number of amides is 1. The highest BCUT2D eigenvalue weighted by molar-refractivity contribution is 5.95. The summed E-state index contributed by atoms with van der Waals surface area (Å²) in [5.41, 5.74) is 3.74. The average Bonchev–Trinajstić information content (AvgIpc) is 3.45. The van der Waals surface area contributed by atoms with Crippen LogP contribution in [0.4, 0.5) is 13.2 Å². The molecule has 1 amide bonds. The number of rotatable bonds is 7. The molecule has 238 valence electrons. The van der Waals surface area contributed by atoms with Crippen LogP contribution in [-0.2, 0) is 26.3 Å². The molecule has 46 heavy (non-hydrogen) atoms. The Labute approximate surface area is 263 Å². The van der Waals surface area contributed by atoms with Crippen molar-refractivity contribution in [2.24, 2.45) is 18.9 Å². The highest BCUT2D eigenvalue weighted by Gasteiger charge is 2.45. The van der Waals surface area contributed by atoms with Crippen molar-refractivity contribution in [3.63, 3.8) is 0 Å². The van der Waals surface area contributed by atoms with Gasteiger partial charge in [-0.3, -0.25) is 14.3 Å². The standard InChI is InChI=1S/C34H34F3N7O2/c1-20-11-29-30(12-21(20)2)42(19-38-29)14-25-15-43(40-39-25)18-31-26(22-7-8-22)9-10-44(31)33(46)28-17-41(3)16-27(32(28)45)23-5-4-6-24(13-23)34(35,36)37/h4-6,11-13,15-17,19,22,26,31H,7-10,14,18H2,1-3H3. The van der Waals surface area contributed by atoms with Crippen molar-refractivity contribution in [1.82, 2.24) is 34.0 Å². The highest BCUT2D eigenvalue weighted by atomic mass is 19.4. The van der Waals surface area contributed by atoms with Gasteiger partial charge in [-0.2, -0.15) is 13.2 Å². The molecule has 0 N–H and O–H groups in total. The Kier molecular flexibility index (Phi) is 7.32. The van der Waals surface area contributed by atoms with Crippen molar-refractivity contribution in [2.45, 2.75) is 58.4 Å². The number of carbonyl (C=O) groups is 1. The molecule has 1 saturated heterocycles. The lowest BCUT2D eigenvalue weighted by atomic mass is 9.94. The predicted octanol–water partition coefficient (Wildman–Crippen LogP) is 5.62. The number of carbonyl (C=O) groups excluding carboxylic acids is 1. The SMILES string of the molecule is Cc1cc2ncn(Cc3cn(CC4C(C5CC5)CCN4C(=O)c4cn(C)cc(-c5cccc(C(F)(F)F)c5)c4=O)nn3)c2cc1C. The van der Waals surface area contributed by atoms with E-state index >= 15 is 0 Å². The maximum atomic E-state index is 14.1. The molecule has 7 rings (SSSR count). The molecule has 2 unspecified atom stereocenters. The molecule has 4 heterocycles. The molecule has 2 aliphatic rings. The van der Waals surface area contributed by atoms with Gasteiger partial charge in [-0.1, -0.05) is 17.3 Å². The fourth-order valence-electron chi connectivity index (χ4n) is 6.83. The van der Waals surface area contributed by atoms with Crippen LogP contribution in [-0.4, -0.2) is 52.5 Å². The number of likely N-dealkylation sites (tertiary alicyclic amines) is 1. The number of imidazole rings is 1. The van der Waals surface area contributed by atoms with E-state index in [9.17, 15) is 22.8 Å². The first-order valence-corrected chi connectivity index (χ1v) is 15.5. The smallest absolute Gasteiger partial charge is 0.356 e. The summed E-state index contributed by atoms with van der Waals surface area (Å²) in [6.07, 6.45) is 5.09. The second-order valence-corrected chi connectivity index (χ2v) is 12.7. The molecule has 5 aromatic rings. The summed E-state index contributed by atoms with van der Waals surface area (Å²) in [4.78, 5) is 34.1. The fourth-order valence-corrected chi connectivity index (χ4v) is 6.83. The lowest BCUT2D eigenvalue weighted by molar-refractivity contribution is -0.137. The van der Waals surface area contributed by atoms with Gasteiger partial charge in [0.2, 0.25) is 5.43 Å². The first-order valence-electron chi connectivity index (χ1n) is 15.5. The van der Waals surface area contributed by atoms with Gasteiger partial charge >= 0.3 is 6.18 Å². The van der Waals surface area contributed by atoms with Crippen LogP contribution in [0, 0.1) is 25.7 Å². The quantitative estimate of drug-likeness (QED) is 0.233. The van der Waals surface area contributed by atoms with Crippen LogP contribution in [0.2, 0.25) is 0 Å². The van der Waals surface area contributed by atoms with Crippen molar-refractivity contribution in [1.29, 1.82) is 0 Å². The zero-order valence-corrected chi connectivity index (χ0v) is 25.8. The molecule has 12 heteroatoms. The third kappa shape index (κ3) is 5.60. The Morgan fingerprint density at radius 3 is 2.57 bits per heavy atom. The molecule has 9 nitrogen and oxygen atoms in total. The molecule has 2 fully saturated rings. The minimum absolute atomic E-state index is 0.0484. The van der Waals surface area contributed by atoms with Gasteiger partial charge in [0.1, 0.15) is 11.3 Å². The topological polar surface area (TPSA) is 90.8 Å². The summed E-state index contributed by atoms with van der Waals surface area (Å²) in [5, 5.41) is 8.82. The van der Waals surface area contributed by atoms with E-state index in [1.807, 2.05) is 10.8 Å². The number of hydrogen-bond donors (Lipinski definition) is 0. The lowest BCUT2D eigenvalue weighted by Gasteiger charge is -2.28. The van der Waals surface area contributed by atoms with Gasteiger partial charge in [0.05, 0.1) is 48.3 Å². The van der Waals surface area contributed by atoms with Crippen molar-refractivity contribution in [2.75, 3.05) is 6.54 Å². The Balaban J connectivity index is 1.15. The summed E-state index contributed by atoms with van der Waals surface area (Å²) in [6.45, 7) is 5.55. The number of benzene rings is 2. The van der Waals surface area contributed by atoms with E-state index in [4.69, 9.17) is 0 Å². The van der Waals surface area contributed by atoms with Crippen LogP contribution in [0.1, 0.15) is 52.0 Å². The number of aromatic nitrogens is 6. The van der Waals surface area contributed by atoms with Crippen LogP contribution >= 0.6 is 0 Å². The van der Waals surface area contributed by atoms with Crippen molar-refractivity contribution in [3.8, 4) is 11.1 Å². The first-order chi connectivity index (χ1) is 22.0. The number of pyridine rings is 1. The number of nitrogens with zero attached hydrogens (tertiary/aromatic N) is 7. The third-order valence-electron chi connectivity index (χ3n) is 9.50. The lowest BCUT2D eigenvalue weighted by Crippen LogP contribution is -2.43. The first kappa shape index (κ1) is 29.9. The molecule has 0 radical (unpaired) electrons. The molecule has 0 spiro atoms. The van der Waals surface area contributed by atoms with Gasteiger partial charge in [-0.25, -0.2) is 4.98 Å². The van der Waals surface area contributed by atoms with E-state index in [1.165, 1.54) is 35.7 Å². The molecule has 2 atom stereocenters. The van der Waals surface area contributed by atoms with Crippen molar-refractivity contribution in [3.05, 3.63) is 99.5 Å². The van der Waals surface area contributed by atoms with Crippen molar-refractivity contribution < 1.29 is 18.0 Å². The van der Waals surface area contributed by atoms with Crippen LogP contribution in [0.25, 0.3) is 22.2 Å². The summed E-state index contributed by atoms with van der Waals surface area (Å²) < 4.78 is 45.7. The minimum atomic E-state index is -4.55. The molecule has 2 aromatic carbocycles. The average molecular weight is 630 g/mol. The van der Waals surface area contributed by atoms with E-state index in [2.05, 4.69) is 41.3 Å². The molecule has 1 aliphatic heterocycles. The molecular formula is C34H34F3N7O2. The maximum Gasteiger partial charge on any atom is 0.416 e. The molecular weight excluding hydrogens is 595 g/mol. The highest BCUT2D eigenvalue weighted by Crippen LogP contribution is 2.45. The second kappa shape index (κ2) is 11.3. The molecule has 1 aliphatic carbocycles. The van der Waals surface area contributed by atoms with Gasteiger partial charge in [-0.15, -0.1) is 5.10 Å². The Morgan fingerprint density at radius 2 is 1.80 bits per heavy atom. The number of alkyl halides is 3. The number of fused-ring (bicyclic) bond motifs is 1. The number of hydrogen-bond acceptors (Lipinski definition) is 5. The van der Waals surface area contributed by atoms with Gasteiger partial charge in [-0.05, 0) is 85.9 Å². The Hall–Kier alpha value is -4.74. The van der Waals surface area contributed by atoms with E-state index in [1.54, 1.807) is 27.5 Å². The summed E-state index contributed by atoms with van der Waals surface area (Å²) in [6, 6.07) is 8.64. The van der Waals surface area contributed by atoms with Crippen LogP contribution in [0.15, 0.2) is 66.1 Å². The summed E-state index contributed by atoms with van der Waals surface area (Å²) in [5.74, 6) is 0.350. The summed E-state index contributed by atoms with van der Waals surface area (Å²) in [7, 11) is 1.66. The largest absolute Gasteiger partial charge is 0.416 e. The molecule has 3 aromatic heterocycles. The zero-order chi connectivity index (χ0) is 32.3. The monoisotopic (exact) mass is 629 g/mol. The van der Waals surface area contributed by atoms with Crippen LogP contribution in [0.5, 0.6) is 0 Å². The van der Waals surface area contributed by atoms with Crippen LogP contribution < -0.4 is 5.43 Å². The van der Waals surface area contributed by atoms with E-state index in [-0.39, 0.29) is 28.7 Å². The minimum Gasteiger partial charge on any atom is -0.356 e. The second-order valence-electron chi connectivity index (χ2n) is 12.7. The Bertz CT molecular complexity index is 2020. The third-order valence-corrected chi connectivity index (χ3v) is 9.50.